The number of rotatable bonds is 10. The molecular formula is C15H23O2. The molecule has 2 heteroatoms. The molecule has 0 N–H and O–H groups in total. The van der Waals surface area contributed by atoms with Crippen molar-refractivity contribution in [3.05, 3.63) is 35.9 Å². The number of unbranched alkanes of at least 4 members (excludes halogenated alkanes) is 3. The first-order valence-corrected chi connectivity index (χ1v) is 6.54. The van der Waals surface area contributed by atoms with Gasteiger partial charge >= 0.3 is 0 Å². The first kappa shape index (κ1) is 14.2. The molecule has 0 aromatic heterocycles. The standard InChI is InChI=1S/C15H23O2/c1-2-3-4-8-11-16-12-13-17-14-15-9-6-5-7-10-15/h6-7,9-10H,2-4,8,11-14H2,1H3. The lowest BCUT2D eigenvalue weighted by molar-refractivity contribution is 0.0393. The van der Waals surface area contributed by atoms with Crippen LogP contribution in [0.5, 0.6) is 0 Å². The van der Waals surface area contributed by atoms with E-state index in [9.17, 15) is 0 Å². The minimum atomic E-state index is 0.661. The summed E-state index contributed by atoms with van der Waals surface area (Å²) in [6.45, 7) is 5.12. The van der Waals surface area contributed by atoms with Crippen LogP contribution in [0.2, 0.25) is 0 Å². The first-order valence-electron chi connectivity index (χ1n) is 6.54. The normalized spacial score (nSPS) is 10.6. The summed E-state index contributed by atoms with van der Waals surface area (Å²) in [5.74, 6) is 0. The summed E-state index contributed by atoms with van der Waals surface area (Å²) in [6.07, 6.45) is 5.03. The van der Waals surface area contributed by atoms with Crippen molar-refractivity contribution in [1.82, 2.24) is 0 Å². The number of ether oxygens (including phenoxy) is 2. The number of hydrogen-bond acceptors (Lipinski definition) is 2. The zero-order valence-corrected chi connectivity index (χ0v) is 10.8. The van der Waals surface area contributed by atoms with Gasteiger partial charge in [0.15, 0.2) is 0 Å². The van der Waals surface area contributed by atoms with E-state index in [4.69, 9.17) is 9.47 Å². The van der Waals surface area contributed by atoms with Crippen molar-refractivity contribution in [2.75, 3.05) is 19.8 Å². The Hall–Kier alpha value is -0.860. The van der Waals surface area contributed by atoms with Crippen molar-refractivity contribution in [2.45, 2.75) is 39.2 Å². The fraction of sp³-hybridized carbons (Fsp3) is 0.600. The molecule has 0 atom stereocenters. The molecule has 0 aliphatic rings. The molecule has 0 saturated carbocycles. The zero-order valence-electron chi connectivity index (χ0n) is 10.8. The van der Waals surface area contributed by atoms with E-state index in [2.05, 4.69) is 13.0 Å². The Bertz CT molecular complexity index is 259. The Kier molecular flexibility index (Phi) is 8.61. The van der Waals surface area contributed by atoms with Crippen LogP contribution in [-0.2, 0) is 16.1 Å². The van der Waals surface area contributed by atoms with Gasteiger partial charge < -0.3 is 9.47 Å². The maximum atomic E-state index is 5.51. The highest BCUT2D eigenvalue weighted by Gasteiger charge is 1.93. The molecule has 1 aromatic rings. The summed E-state index contributed by atoms with van der Waals surface area (Å²) in [5, 5.41) is 0. The van der Waals surface area contributed by atoms with Gasteiger partial charge in [-0.1, -0.05) is 50.5 Å². The van der Waals surface area contributed by atoms with E-state index in [0.717, 1.165) is 6.61 Å². The molecule has 0 bridgehead atoms. The molecule has 0 unspecified atom stereocenters. The van der Waals surface area contributed by atoms with Crippen LogP contribution in [0, 0.1) is 6.07 Å². The zero-order chi connectivity index (χ0) is 12.2. The number of hydrogen-bond donors (Lipinski definition) is 0. The monoisotopic (exact) mass is 235 g/mol. The van der Waals surface area contributed by atoms with E-state index < -0.39 is 0 Å². The van der Waals surface area contributed by atoms with Crippen LogP contribution in [0.15, 0.2) is 24.3 Å². The molecule has 17 heavy (non-hydrogen) atoms. The highest BCUT2D eigenvalue weighted by Crippen LogP contribution is 2.00. The molecule has 0 spiro atoms. The molecule has 0 heterocycles. The quantitative estimate of drug-likeness (QED) is 0.577. The van der Waals surface area contributed by atoms with Crippen LogP contribution < -0.4 is 0 Å². The van der Waals surface area contributed by atoms with Crippen LogP contribution in [0.3, 0.4) is 0 Å². The molecule has 0 aliphatic heterocycles. The van der Waals surface area contributed by atoms with E-state index in [1.807, 2.05) is 24.3 Å². The minimum absolute atomic E-state index is 0.661. The summed E-state index contributed by atoms with van der Waals surface area (Å²) in [7, 11) is 0. The maximum absolute atomic E-state index is 5.51. The van der Waals surface area contributed by atoms with E-state index in [1.165, 1.54) is 31.2 Å². The number of benzene rings is 1. The molecule has 0 saturated heterocycles. The molecular weight excluding hydrogens is 212 g/mol. The van der Waals surface area contributed by atoms with Crippen molar-refractivity contribution in [3.63, 3.8) is 0 Å². The van der Waals surface area contributed by atoms with Crippen LogP contribution in [-0.4, -0.2) is 19.8 Å². The Balaban J connectivity index is 1.85. The van der Waals surface area contributed by atoms with Gasteiger partial charge in [-0.2, -0.15) is 0 Å². The fourth-order valence-corrected chi connectivity index (χ4v) is 1.56. The fourth-order valence-electron chi connectivity index (χ4n) is 1.56. The van der Waals surface area contributed by atoms with E-state index >= 15 is 0 Å². The molecule has 0 aliphatic carbocycles. The van der Waals surface area contributed by atoms with Gasteiger partial charge in [-0.3, -0.25) is 0 Å². The first-order chi connectivity index (χ1) is 8.43. The van der Waals surface area contributed by atoms with E-state index in [0.29, 0.717) is 19.8 Å². The second kappa shape index (κ2) is 10.3. The van der Waals surface area contributed by atoms with Crippen molar-refractivity contribution < 1.29 is 9.47 Å². The van der Waals surface area contributed by atoms with Crippen LogP contribution in [0.25, 0.3) is 0 Å². The highest BCUT2D eigenvalue weighted by atomic mass is 16.5. The smallest absolute Gasteiger partial charge is 0.0718 e. The second-order valence-corrected chi connectivity index (χ2v) is 4.13. The predicted octanol–water partition coefficient (Wildman–Crippen LogP) is 3.60. The second-order valence-electron chi connectivity index (χ2n) is 4.13. The van der Waals surface area contributed by atoms with Crippen molar-refractivity contribution >= 4 is 0 Å². The van der Waals surface area contributed by atoms with Crippen LogP contribution in [0.4, 0.5) is 0 Å². The van der Waals surface area contributed by atoms with Gasteiger partial charge in [0, 0.05) is 6.61 Å². The third-order valence-corrected chi connectivity index (χ3v) is 2.57. The highest BCUT2D eigenvalue weighted by molar-refractivity contribution is 5.12. The summed E-state index contributed by atoms with van der Waals surface area (Å²) in [5.41, 5.74) is 1.19. The predicted molar refractivity (Wildman–Crippen MR) is 69.9 cm³/mol. The van der Waals surface area contributed by atoms with Gasteiger partial charge in [0.05, 0.1) is 19.8 Å². The summed E-state index contributed by atoms with van der Waals surface area (Å²) < 4.78 is 11.0. The summed E-state index contributed by atoms with van der Waals surface area (Å²) in [4.78, 5) is 0. The largest absolute Gasteiger partial charge is 0.379 e. The van der Waals surface area contributed by atoms with Gasteiger partial charge in [0.1, 0.15) is 0 Å². The molecule has 2 nitrogen and oxygen atoms in total. The van der Waals surface area contributed by atoms with Gasteiger partial charge in [-0.25, -0.2) is 0 Å². The Labute approximate surface area is 105 Å². The topological polar surface area (TPSA) is 18.5 Å². The molecule has 1 radical (unpaired) electrons. The molecule has 1 aromatic carbocycles. The Morgan fingerprint density at radius 3 is 2.47 bits per heavy atom. The maximum Gasteiger partial charge on any atom is 0.0718 e. The Morgan fingerprint density at radius 1 is 0.941 bits per heavy atom. The summed E-state index contributed by atoms with van der Waals surface area (Å²) in [6, 6.07) is 10.8. The third kappa shape index (κ3) is 7.94. The minimum Gasteiger partial charge on any atom is -0.379 e. The van der Waals surface area contributed by atoms with Gasteiger partial charge in [0.25, 0.3) is 0 Å². The van der Waals surface area contributed by atoms with E-state index in [1.54, 1.807) is 0 Å². The lowest BCUT2D eigenvalue weighted by atomic mass is 10.2. The average molecular weight is 235 g/mol. The lowest BCUT2D eigenvalue weighted by Gasteiger charge is -2.05. The third-order valence-electron chi connectivity index (χ3n) is 2.57. The molecule has 1 rings (SSSR count). The van der Waals surface area contributed by atoms with Crippen LogP contribution in [0.1, 0.15) is 38.2 Å². The van der Waals surface area contributed by atoms with Crippen molar-refractivity contribution in [3.8, 4) is 0 Å². The SMILES string of the molecule is CCCCCCOCCOCc1cc[c]cc1. The van der Waals surface area contributed by atoms with Gasteiger partial charge in [0.2, 0.25) is 0 Å². The van der Waals surface area contributed by atoms with Crippen LogP contribution >= 0.6 is 0 Å². The van der Waals surface area contributed by atoms with Crippen molar-refractivity contribution in [2.24, 2.45) is 0 Å². The average Bonchev–Trinajstić information content (AvgIpc) is 2.38. The van der Waals surface area contributed by atoms with Gasteiger partial charge in [-0.15, -0.1) is 0 Å². The molecule has 0 amide bonds. The van der Waals surface area contributed by atoms with Gasteiger partial charge in [-0.05, 0) is 18.1 Å². The van der Waals surface area contributed by atoms with E-state index in [-0.39, 0.29) is 0 Å². The van der Waals surface area contributed by atoms with Crippen molar-refractivity contribution in [1.29, 1.82) is 0 Å². The lowest BCUT2D eigenvalue weighted by Crippen LogP contribution is -2.05. The molecule has 0 fully saturated rings. The summed E-state index contributed by atoms with van der Waals surface area (Å²) >= 11 is 0. The molecule has 95 valence electrons. The Morgan fingerprint density at radius 2 is 1.71 bits per heavy atom.